The molecule has 0 spiro atoms. The van der Waals surface area contributed by atoms with Gasteiger partial charge in [-0.15, -0.1) is 11.8 Å². The molecule has 0 aliphatic heterocycles. The lowest BCUT2D eigenvalue weighted by molar-refractivity contribution is 0.415. The minimum absolute atomic E-state index is 0.693. The smallest absolute Gasteiger partial charge is 0.00720 e. The van der Waals surface area contributed by atoms with Gasteiger partial charge in [-0.25, -0.2) is 0 Å². The van der Waals surface area contributed by atoms with Crippen LogP contribution in [0.25, 0.3) is 0 Å². The predicted molar refractivity (Wildman–Crippen MR) is 81.2 cm³/mol. The number of thioether (sulfide) groups is 1. The van der Waals surface area contributed by atoms with Crippen LogP contribution in [-0.4, -0.2) is 12.3 Å². The van der Waals surface area contributed by atoms with Crippen LogP contribution in [0.2, 0.25) is 0 Å². The lowest BCUT2D eigenvalue weighted by Crippen LogP contribution is -2.14. The van der Waals surface area contributed by atoms with Crippen LogP contribution in [0.3, 0.4) is 0 Å². The number of benzene rings is 1. The van der Waals surface area contributed by atoms with E-state index in [0.29, 0.717) is 5.92 Å². The Morgan fingerprint density at radius 3 is 2.44 bits per heavy atom. The highest BCUT2D eigenvalue weighted by atomic mass is 32.2. The van der Waals surface area contributed by atoms with Gasteiger partial charge in [0.25, 0.3) is 0 Å². The van der Waals surface area contributed by atoms with Crippen LogP contribution in [0, 0.1) is 5.92 Å². The second kappa shape index (κ2) is 7.20. The van der Waals surface area contributed by atoms with Crippen molar-refractivity contribution >= 4 is 11.8 Å². The molecule has 0 bridgehead atoms. The number of rotatable bonds is 6. The monoisotopic (exact) mass is 263 g/mol. The van der Waals surface area contributed by atoms with E-state index in [0.717, 1.165) is 24.6 Å². The molecule has 18 heavy (non-hydrogen) atoms. The molecule has 0 amide bonds. The Morgan fingerprint density at radius 2 is 1.89 bits per heavy atom. The molecule has 1 atom stereocenters. The lowest BCUT2D eigenvalue weighted by atomic mass is 9.82. The molecule has 0 heterocycles. The maximum absolute atomic E-state index is 5.81. The Labute approximate surface area is 116 Å². The van der Waals surface area contributed by atoms with Crippen molar-refractivity contribution < 1.29 is 0 Å². The predicted octanol–water partition coefficient (Wildman–Crippen LogP) is 4.42. The maximum atomic E-state index is 5.81. The number of hydrogen-bond acceptors (Lipinski definition) is 2. The van der Waals surface area contributed by atoms with Gasteiger partial charge in [-0.2, -0.15) is 0 Å². The molecule has 1 saturated carbocycles. The fraction of sp³-hybridized carbons (Fsp3) is 0.625. The van der Waals surface area contributed by atoms with Crippen molar-refractivity contribution in [2.24, 2.45) is 11.7 Å². The summed E-state index contributed by atoms with van der Waals surface area (Å²) in [4.78, 5) is 1.39. The summed E-state index contributed by atoms with van der Waals surface area (Å²) < 4.78 is 0. The van der Waals surface area contributed by atoms with E-state index in [4.69, 9.17) is 5.73 Å². The molecule has 1 aliphatic rings. The van der Waals surface area contributed by atoms with E-state index in [-0.39, 0.29) is 0 Å². The molecule has 100 valence electrons. The third kappa shape index (κ3) is 3.52. The maximum Gasteiger partial charge on any atom is 0.00720 e. The summed E-state index contributed by atoms with van der Waals surface area (Å²) in [6.45, 7) is 3.01. The Hall–Kier alpha value is -0.470. The molecule has 2 rings (SSSR count). The minimum Gasteiger partial charge on any atom is -0.330 e. The molecule has 0 saturated heterocycles. The second-order valence-electron chi connectivity index (χ2n) is 5.23. The van der Waals surface area contributed by atoms with E-state index in [9.17, 15) is 0 Å². The van der Waals surface area contributed by atoms with Gasteiger partial charge in [-0.05, 0) is 61.1 Å². The van der Waals surface area contributed by atoms with Gasteiger partial charge in [-0.1, -0.05) is 31.9 Å². The highest BCUT2D eigenvalue weighted by Crippen LogP contribution is 2.39. The summed E-state index contributed by atoms with van der Waals surface area (Å²) in [6, 6.07) is 9.22. The van der Waals surface area contributed by atoms with Gasteiger partial charge in [0.1, 0.15) is 0 Å². The zero-order chi connectivity index (χ0) is 12.8. The summed E-state index contributed by atoms with van der Waals surface area (Å²) in [5.74, 6) is 2.71. The molecule has 1 nitrogen and oxygen atoms in total. The van der Waals surface area contributed by atoms with Crippen LogP contribution in [0.15, 0.2) is 29.2 Å². The van der Waals surface area contributed by atoms with Gasteiger partial charge in [0.15, 0.2) is 0 Å². The quantitative estimate of drug-likeness (QED) is 0.769. The van der Waals surface area contributed by atoms with Gasteiger partial charge in [0.05, 0.1) is 0 Å². The zero-order valence-electron chi connectivity index (χ0n) is 11.4. The van der Waals surface area contributed by atoms with Gasteiger partial charge >= 0.3 is 0 Å². The molecule has 1 aliphatic carbocycles. The van der Waals surface area contributed by atoms with E-state index in [2.05, 4.69) is 31.2 Å². The van der Waals surface area contributed by atoms with Crippen molar-refractivity contribution in [1.82, 2.24) is 0 Å². The molecule has 1 aromatic carbocycles. The molecule has 1 fully saturated rings. The SMILES string of the molecule is CCSc1ccc(C(CCN)C2CCCC2)cc1. The first-order valence-electron chi connectivity index (χ1n) is 7.28. The average molecular weight is 263 g/mol. The van der Waals surface area contributed by atoms with E-state index in [1.165, 1.54) is 36.1 Å². The number of hydrogen-bond donors (Lipinski definition) is 1. The second-order valence-corrected chi connectivity index (χ2v) is 6.57. The molecule has 1 aromatic rings. The topological polar surface area (TPSA) is 26.0 Å². The highest BCUT2D eigenvalue weighted by molar-refractivity contribution is 7.99. The van der Waals surface area contributed by atoms with Crippen LogP contribution < -0.4 is 5.73 Å². The van der Waals surface area contributed by atoms with E-state index in [1.54, 1.807) is 0 Å². The summed E-state index contributed by atoms with van der Waals surface area (Å²) in [6.07, 6.45) is 6.77. The Bertz CT molecular complexity index is 341. The van der Waals surface area contributed by atoms with Crippen molar-refractivity contribution in [1.29, 1.82) is 0 Å². The third-order valence-electron chi connectivity index (χ3n) is 4.07. The molecule has 0 aromatic heterocycles. The first-order valence-corrected chi connectivity index (χ1v) is 8.26. The van der Waals surface area contributed by atoms with Crippen molar-refractivity contribution in [3.05, 3.63) is 29.8 Å². The summed E-state index contributed by atoms with van der Waals surface area (Å²) in [7, 11) is 0. The lowest BCUT2D eigenvalue weighted by Gasteiger charge is -2.23. The summed E-state index contributed by atoms with van der Waals surface area (Å²) in [5, 5.41) is 0. The molecule has 0 radical (unpaired) electrons. The van der Waals surface area contributed by atoms with E-state index < -0.39 is 0 Å². The molecule has 2 heteroatoms. The molecular weight excluding hydrogens is 238 g/mol. The van der Waals surface area contributed by atoms with Gasteiger partial charge < -0.3 is 5.73 Å². The Kier molecular flexibility index (Phi) is 5.58. The highest BCUT2D eigenvalue weighted by Gasteiger charge is 2.25. The fourth-order valence-electron chi connectivity index (χ4n) is 3.19. The van der Waals surface area contributed by atoms with Crippen LogP contribution in [-0.2, 0) is 0 Å². The van der Waals surface area contributed by atoms with Crippen molar-refractivity contribution in [3.63, 3.8) is 0 Å². The van der Waals surface area contributed by atoms with E-state index in [1.807, 2.05) is 11.8 Å². The summed E-state index contributed by atoms with van der Waals surface area (Å²) in [5.41, 5.74) is 7.32. The molecular formula is C16H25NS. The molecule has 2 N–H and O–H groups in total. The van der Waals surface area contributed by atoms with Crippen LogP contribution in [0.5, 0.6) is 0 Å². The first kappa shape index (κ1) is 14.0. The van der Waals surface area contributed by atoms with Gasteiger partial charge in [0.2, 0.25) is 0 Å². The summed E-state index contributed by atoms with van der Waals surface area (Å²) >= 11 is 1.92. The molecule has 1 unspecified atom stereocenters. The van der Waals surface area contributed by atoms with Crippen LogP contribution in [0.1, 0.15) is 50.5 Å². The standard InChI is InChI=1S/C16H25NS/c1-2-18-15-9-7-14(8-10-15)16(11-12-17)13-5-3-4-6-13/h7-10,13,16H,2-6,11-12,17H2,1H3. The van der Waals surface area contributed by atoms with E-state index >= 15 is 0 Å². The third-order valence-corrected chi connectivity index (χ3v) is 4.96. The van der Waals surface area contributed by atoms with Crippen LogP contribution >= 0.6 is 11.8 Å². The first-order chi connectivity index (χ1) is 8.85. The average Bonchev–Trinajstić information content (AvgIpc) is 2.91. The Morgan fingerprint density at radius 1 is 1.22 bits per heavy atom. The fourth-order valence-corrected chi connectivity index (χ4v) is 3.85. The van der Waals surface area contributed by atoms with Crippen molar-refractivity contribution in [3.8, 4) is 0 Å². The van der Waals surface area contributed by atoms with Gasteiger partial charge in [-0.3, -0.25) is 0 Å². The zero-order valence-corrected chi connectivity index (χ0v) is 12.2. The number of nitrogens with two attached hydrogens (primary N) is 1. The van der Waals surface area contributed by atoms with Crippen LogP contribution in [0.4, 0.5) is 0 Å². The van der Waals surface area contributed by atoms with Crippen molar-refractivity contribution in [2.75, 3.05) is 12.3 Å². The normalized spacial score (nSPS) is 18.1. The van der Waals surface area contributed by atoms with Gasteiger partial charge in [0, 0.05) is 4.90 Å². The Balaban J connectivity index is 2.09. The minimum atomic E-state index is 0.693. The largest absolute Gasteiger partial charge is 0.330 e. The van der Waals surface area contributed by atoms with Crippen molar-refractivity contribution in [2.45, 2.75) is 49.8 Å².